The molecule has 0 amide bonds. The van der Waals surface area contributed by atoms with Gasteiger partial charge >= 0.3 is 5.97 Å². The highest BCUT2D eigenvalue weighted by Crippen LogP contribution is 2.19. The van der Waals surface area contributed by atoms with Gasteiger partial charge in [-0.25, -0.2) is 0 Å². The Balaban J connectivity index is 1.90. The Morgan fingerprint density at radius 2 is 2.45 bits per heavy atom. The van der Waals surface area contributed by atoms with E-state index < -0.39 is 0 Å². The van der Waals surface area contributed by atoms with Gasteiger partial charge in [0.2, 0.25) is 0 Å². The SMILES string of the molecule is O=C1CCC(C2NCCO2)O1. The Morgan fingerprint density at radius 1 is 1.55 bits per heavy atom. The van der Waals surface area contributed by atoms with Crippen LogP contribution >= 0.6 is 0 Å². The first kappa shape index (κ1) is 7.06. The Bertz CT molecular complexity index is 165. The average molecular weight is 157 g/mol. The van der Waals surface area contributed by atoms with Crippen LogP contribution in [0.3, 0.4) is 0 Å². The maximum Gasteiger partial charge on any atom is 0.306 e. The van der Waals surface area contributed by atoms with Gasteiger partial charge in [0, 0.05) is 13.0 Å². The van der Waals surface area contributed by atoms with Crippen LogP contribution < -0.4 is 5.32 Å². The van der Waals surface area contributed by atoms with Gasteiger partial charge in [-0.2, -0.15) is 0 Å². The Morgan fingerprint density at radius 3 is 3.00 bits per heavy atom. The summed E-state index contributed by atoms with van der Waals surface area (Å²) in [6.45, 7) is 1.58. The highest BCUT2D eigenvalue weighted by Gasteiger charge is 2.33. The minimum atomic E-state index is -0.104. The highest BCUT2D eigenvalue weighted by atomic mass is 16.6. The predicted octanol–water partition coefficient (Wildman–Crippen LogP) is -0.362. The minimum Gasteiger partial charge on any atom is -0.458 e. The number of hydrogen-bond donors (Lipinski definition) is 1. The lowest BCUT2D eigenvalue weighted by Crippen LogP contribution is -2.35. The molecule has 2 fully saturated rings. The van der Waals surface area contributed by atoms with Crippen molar-refractivity contribution in [2.24, 2.45) is 0 Å². The van der Waals surface area contributed by atoms with Crippen molar-refractivity contribution < 1.29 is 14.3 Å². The molecule has 0 radical (unpaired) electrons. The summed E-state index contributed by atoms with van der Waals surface area (Å²) < 4.78 is 10.3. The summed E-state index contributed by atoms with van der Waals surface area (Å²) in [6, 6.07) is 0. The summed E-state index contributed by atoms with van der Waals surface area (Å²) in [7, 11) is 0. The largest absolute Gasteiger partial charge is 0.458 e. The van der Waals surface area contributed by atoms with Gasteiger partial charge in [-0.15, -0.1) is 0 Å². The zero-order valence-electron chi connectivity index (χ0n) is 6.21. The lowest BCUT2D eigenvalue weighted by Gasteiger charge is -2.15. The zero-order chi connectivity index (χ0) is 7.68. The molecular formula is C7H11NO3. The number of nitrogens with one attached hydrogen (secondary N) is 1. The molecule has 4 heteroatoms. The molecule has 1 N–H and O–H groups in total. The summed E-state index contributed by atoms with van der Waals surface area (Å²) >= 11 is 0. The van der Waals surface area contributed by atoms with E-state index in [1.165, 1.54) is 0 Å². The van der Waals surface area contributed by atoms with E-state index in [1.807, 2.05) is 0 Å². The molecule has 0 spiro atoms. The van der Waals surface area contributed by atoms with Gasteiger partial charge in [0.25, 0.3) is 0 Å². The summed E-state index contributed by atoms with van der Waals surface area (Å²) in [4.78, 5) is 10.7. The first-order chi connectivity index (χ1) is 5.36. The zero-order valence-corrected chi connectivity index (χ0v) is 6.21. The van der Waals surface area contributed by atoms with E-state index in [4.69, 9.17) is 9.47 Å². The topological polar surface area (TPSA) is 47.6 Å². The van der Waals surface area contributed by atoms with Crippen molar-refractivity contribution in [1.82, 2.24) is 5.32 Å². The number of esters is 1. The van der Waals surface area contributed by atoms with Crippen molar-refractivity contribution in [1.29, 1.82) is 0 Å². The van der Waals surface area contributed by atoms with Crippen LogP contribution in [0.25, 0.3) is 0 Å². The summed E-state index contributed by atoms with van der Waals surface area (Å²) in [5.74, 6) is -0.104. The first-order valence-corrected chi connectivity index (χ1v) is 3.91. The van der Waals surface area contributed by atoms with E-state index in [0.717, 1.165) is 19.6 Å². The van der Waals surface area contributed by atoms with E-state index in [9.17, 15) is 4.79 Å². The smallest absolute Gasteiger partial charge is 0.306 e. The van der Waals surface area contributed by atoms with Gasteiger partial charge in [-0.05, 0) is 6.42 Å². The number of cyclic esters (lactones) is 1. The molecule has 0 aromatic rings. The monoisotopic (exact) mass is 157 g/mol. The van der Waals surface area contributed by atoms with Gasteiger partial charge < -0.3 is 9.47 Å². The van der Waals surface area contributed by atoms with E-state index in [2.05, 4.69) is 5.32 Å². The van der Waals surface area contributed by atoms with Crippen LogP contribution in [-0.4, -0.2) is 31.5 Å². The molecule has 0 saturated carbocycles. The second-order valence-electron chi connectivity index (χ2n) is 2.81. The molecule has 2 saturated heterocycles. The quantitative estimate of drug-likeness (QED) is 0.528. The number of carbonyl (C=O) groups is 1. The van der Waals surface area contributed by atoms with E-state index >= 15 is 0 Å². The lowest BCUT2D eigenvalue weighted by molar-refractivity contribution is -0.146. The Hall–Kier alpha value is -0.610. The van der Waals surface area contributed by atoms with Crippen LogP contribution in [0.15, 0.2) is 0 Å². The lowest BCUT2D eigenvalue weighted by atomic mass is 10.2. The third kappa shape index (κ3) is 1.36. The van der Waals surface area contributed by atoms with Crippen molar-refractivity contribution in [3.8, 4) is 0 Å². The molecule has 0 bridgehead atoms. The fraction of sp³-hybridized carbons (Fsp3) is 0.857. The fourth-order valence-electron chi connectivity index (χ4n) is 1.44. The molecular weight excluding hydrogens is 146 g/mol. The molecule has 2 aliphatic heterocycles. The number of ether oxygens (including phenoxy) is 2. The Kier molecular flexibility index (Phi) is 1.79. The van der Waals surface area contributed by atoms with Crippen LogP contribution in [0.1, 0.15) is 12.8 Å². The van der Waals surface area contributed by atoms with Crippen LogP contribution in [0, 0.1) is 0 Å². The maximum absolute atomic E-state index is 10.7. The maximum atomic E-state index is 10.7. The van der Waals surface area contributed by atoms with Crippen LogP contribution in [0.4, 0.5) is 0 Å². The standard InChI is InChI=1S/C7H11NO3/c9-6-2-1-5(11-6)7-8-3-4-10-7/h5,7-8H,1-4H2. The fourth-order valence-corrected chi connectivity index (χ4v) is 1.44. The van der Waals surface area contributed by atoms with E-state index in [1.54, 1.807) is 0 Å². The van der Waals surface area contributed by atoms with Crippen molar-refractivity contribution in [2.75, 3.05) is 13.2 Å². The summed E-state index contributed by atoms with van der Waals surface area (Å²) in [5, 5.41) is 3.12. The van der Waals surface area contributed by atoms with Crippen molar-refractivity contribution in [3.05, 3.63) is 0 Å². The molecule has 11 heavy (non-hydrogen) atoms. The normalized spacial score (nSPS) is 37.6. The summed E-state index contributed by atoms with van der Waals surface area (Å²) in [5.41, 5.74) is 0. The molecule has 2 heterocycles. The van der Waals surface area contributed by atoms with Gasteiger partial charge in [0.05, 0.1) is 6.61 Å². The number of rotatable bonds is 1. The predicted molar refractivity (Wildman–Crippen MR) is 36.9 cm³/mol. The van der Waals surface area contributed by atoms with E-state index in [0.29, 0.717) is 6.42 Å². The van der Waals surface area contributed by atoms with Crippen molar-refractivity contribution >= 4 is 5.97 Å². The second kappa shape index (κ2) is 2.79. The van der Waals surface area contributed by atoms with Crippen LogP contribution in [0.5, 0.6) is 0 Å². The van der Waals surface area contributed by atoms with Gasteiger partial charge in [0.15, 0.2) is 0 Å². The summed E-state index contributed by atoms with van der Waals surface area (Å²) in [6.07, 6.45) is 1.22. The minimum absolute atomic E-state index is 0.0509. The second-order valence-corrected chi connectivity index (χ2v) is 2.81. The average Bonchev–Trinajstić information content (AvgIpc) is 2.55. The van der Waals surface area contributed by atoms with Gasteiger partial charge in [-0.1, -0.05) is 0 Å². The third-order valence-corrected chi connectivity index (χ3v) is 2.00. The van der Waals surface area contributed by atoms with Gasteiger partial charge in [-0.3, -0.25) is 10.1 Å². The molecule has 2 unspecified atom stereocenters. The molecule has 0 aliphatic carbocycles. The van der Waals surface area contributed by atoms with E-state index in [-0.39, 0.29) is 18.3 Å². The van der Waals surface area contributed by atoms with Gasteiger partial charge in [0.1, 0.15) is 12.3 Å². The third-order valence-electron chi connectivity index (χ3n) is 2.00. The van der Waals surface area contributed by atoms with Crippen LogP contribution in [0.2, 0.25) is 0 Å². The Labute approximate surface area is 64.9 Å². The molecule has 0 aromatic carbocycles. The number of hydrogen-bond acceptors (Lipinski definition) is 4. The molecule has 2 rings (SSSR count). The highest BCUT2D eigenvalue weighted by molar-refractivity contribution is 5.71. The first-order valence-electron chi connectivity index (χ1n) is 3.91. The number of carbonyl (C=O) groups excluding carboxylic acids is 1. The van der Waals surface area contributed by atoms with Crippen molar-refractivity contribution in [2.45, 2.75) is 25.2 Å². The molecule has 0 aromatic heterocycles. The molecule has 62 valence electrons. The molecule has 2 aliphatic rings. The molecule has 4 nitrogen and oxygen atoms in total. The van der Waals surface area contributed by atoms with Crippen molar-refractivity contribution in [3.63, 3.8) is 0 Å². The van der Waals surface area contributed by atoms with Crippen LogP contribution in [-0.2, 0) is 14.3 Å². The molecule has 2 atom stereocenters.